The zero-order chi connectivity index (χ0) is 19.4. The number of amides is 1. The van der Waals surface area contributed by atoms with E-state index in [1.165, 1.54) is 11.0 Å². The molecule has 1 heterocycles. The van der Waals surface area contributed by atoms with Crippen molar-refractivity contribution in [3.8, 4) is 11.3 Å². The zero-order valence-corrected chi connectivity index (χ0v) is 15.3. The van der Waals surface area contributed by atoms with Gasteiger partial charge in [0.25, 0.3) is 0 Å². The quantitative estimate of drug-likeness (QED) is 0.603. The molecule has 0 atom stereocenters. The Morgan fingerprint density at radius 3 is 2.59 bits per heavy atom. The third-order valence-corrected chi connectivity index (χ3v) is 4.32. The van der Waals surface area contributed by atoms with Gasteiger partial charge in [-0.1, -0.05) is 17.7 Å². The molecular weight excluding hydrogens is 374 g/mol. The average molecular weight is 391 g/mol. The van der Waals surface area contributed by atoms with Gasteiger partial charge in [0.1, 0.15) is 0 Å². The van der Waals surface area contributed by atoms with E-state index in [9.17, 15) is 13.6 Å². The summed E-state index contributed by atoms with van der Waals surface area (Å²) in [5.74, 6) is -0.930. The molecule has 0 N–H and O–H groups in total. The van der Waals surface area contributed by atoms with Crippen LogP contribution in [0.4, 0.5) is 8.78 Å². The van der Waals surface area contributed by atoms with Crippen LogP contribution in [-0.2, 0) is 17.8 Å². The van der Waals surface area contributed by atoms with Crippen molar-refractivity contribution in [3.63, 3.8) is 0 Å². The number of oxazole rings is 1. The van der Waals surface area contributed by atoms with Crippen molar-refractivity contribution in [3.05, 3.63) is 76.8 Å². The van der Waals surface area contributed by atoms with Gasteiger partial charge in [-0.3, -0.25) is 4.79 Å². The second-order valence-corrected chi connectivity index (χ2v) is 6.56. The minimum absolute atomic E-state index is 0.147. The van der Waals surface area contributed by atoms with E-state index < -0.39 is 11.6 Å². The van der Waals surface area contributed by atoms with Crippen LogP contribution in [-0.4, -0.2) is 22.8 Å². The Morgan fingerprint density at radius 2 is 1.89 bits per heavy atom. The Bertz CT molecular complexity index is 941. The molecule has 1 aromatic heterocycles. The molecule has 0 aliphatic heterocycles. The molecule has 0 saturated carbocycles. The van der Waals surface area contributed by atoms with E-state index in [0.29, 0.717) is 28.7 Å². The molecule has 3 rings (SSSR count). The standard InChI is InChI=1S/C20H17ClF2N2O2/c1-25(12-13-2-7-16(22)17(23)10-13)20(26)9-8-19-24-11-18(27-19)14-3-5-15(21)6-4-14/h2-7,10-11H,8-9,12H2,1H3. The van der Waals surface area contributed by atoms with Crippen molar-refractivity contribution in [2.24, 2.45) is 0 Å². The second kappa shape index (κ2) is 8.31. The third-order valence-electron chi connectivity index (χ3n) is 4.06. The van der Waals surface area contributed by atoms with Crippen molar-refractivity contribution in [1.82, 2.24) is 9.88 Å². The van der Waals surface area contributed by atoms with Crippen LogP contribution in [0.2, 0.25) is 5.02 Å². The SMILES string of the molecule is CN(Cc1ccc(F)c(F)c1)C(=O)CCc1ncc(-c2ccc(Cl)cc2)o1. The molecule has 0 unspecified atom stereocenters. The maximum Gasteiger partial charge on any atom is 0.223 e. The van der Waals surface area contributed by atoms with Gasteiger partial charge in [-0.2, -0.15) is 0 Å². The smallest absolute Gasteiger partial charge is 0.223 e. The fraction of sp³-hybridized carbons (Fsp3) is 0.200. The van der Waals surface area contributed by atoms with Crippen LogP contribution in [0.25, 0.3) is 11.3 Å². The number of hydrogen-bond acceptors (Lipinski definition) is 3. The van der Waals surface area contributed by atoms with Gasteiger partial charge in [-0.25, -0.2) is 13.8 Å². The minimum atomic E-state index is -0.928. The summed E-state index contributed by atoms with van der Waals surface area (Å²) in [4.78, 5) is 17.9. The predicted molar refractivity (Wildman–Crippen MR) is 98.1 cm³/mol. The number of carbonyl (C=O) groups excluding carboxylic acids is 1. The summed E-state index contributed by atoms with van der Waals surface area (Å²) in [6, 6.07) is 10.8. The third kappa shape index (κ3) is 4.92. The molecule has 0 saturated heterocycles. The number of benzene rings is 2. The van der Waals surface area contributed by atoms with E-state index in [1.54, 1.807) is 25.4 Å². The van der Waals surface area contributed by atoms with Crippen molar-refractivity contribution < 1.29 is 18.0 Å². The molecule has 140 valence electrons. The molecule has 0 aliphatic carbocycles. The number of carbonyl (C=O) groups is 1. The highest BCUT2D eigenvalue weighted by molar-refractivity contribution is 6.30. The lowest BCUT2D eigenvalue weighted by Gasteiger charge is -2.17. The molecule has 4 nitrogen and oxygen atoms in total. The van der Waals surface area contributed by atoms with Crippen LogP contribution in [0.5, 0.6) is 0 Å². The topological polar surface area (TPSA) is 46.3 Å². The fourth-order valence-corrected chi connectivity index (χ4v) is 2.70. The van der Waals surface area contributed by atoms with Gasteiger partial charge < -0.3 is 9.32 Å². The number of hydrogen-bond donors (Lipinski definition) is 0. The molecule has 0 spiro atoms. The first-order valence-corrected chi connectivity index (χ1v) is 8.68. The van der Waals surface area contributed by atoms with Crippen LogP contribution in [0, 0.1) is 11.6 Å². The fourth-order valence-electron chi connectivity index (χ4n) is 2.58. The monoisotopic (exact) mass is 390 g/mol. The van der Waals surface area contributed by atoms with Gasteiger partial charge in [0.15, 0.2) is 23.3 Å². The average Bonchev–Trinajstić information content (AvgIpc) is 3.12. The van der Waals surface area contributed by atoms with E-state index in [4.69, 9.17) is 16.0 Å². The number of nitrogens with zero attached hydrogens (tertiary/aromatic N) is 2. The van der Waals surface area contributed by atoms with Gasteiger partial charge >= 0.3 is 0 Å². The predicted octanol–water partition coefficient (Wildman–Crippen LogP) is 4.86. The summed E-state index contributed by atoms with van der Waals surface area (Å²) < 4.78 is 31.9. The molecule has 0 aliphatic rings. The Kier molecular flexibility index (Phi) is 5.86. The first-order chi connectivity index (χ1) is 12.9. The van der Waals surface area contributed by atoms with Crippen LogP contribution >= 0.6 is 11.6 Å². The van der Waals surface area contributed by atoms with Crippen LogP contribution < -0.4 is 0 Å². The number of aromatic nitrogens is 1. The molecular formula is C20H17ClF2N2O2. The molecule has 7 heteroatoms. The summed E-state index contributed by atoms with van der Waals surface area (Å²) in [6.45, 7) is 0.192. The van der Waals surface area contributed by atoms with E-state index >= 15 is 0 Å². The van der Waals surface area contributed by atoms with Crippen LogP contribution in [0.3, 0.4) is 0 Å². The van der Waals surface area contributed by atoms with E-state index in [-0.39, 0.29) is 18.9 Å². The Balaban J connectivity index is 1.55. The molecule has 27 heavy (non-hydrogen) atoms. The second-order valence-electron chi connectivity index (χ2n) is 6.12. The van der Waals surface area contributed by atoms with E-state index in [1.807, 2.05) is 12.1 Å². The minimum Gasteiger partial charge on any atom is -0.441 e. The number of rotatable bonds is 6. The first kappa shape index (κ1) is 19.0. The Morgan fingerprint density at radius 1 is 1.15 bits per heavy atom. The number of halogens is 3. The first-order valence-electron chi connectivity index (χ1n) is 8.31. The van der Waals surface area contributed by atoms with Gasteiger partial charge in [0.05, 0.1) is 6.20 Å². The maximum absolute atomic E-state index is 13.3. The van der Waals surface area contributed by atoms with E-state index in [2.05, 4.69) is 4.98 Å². The summed E-state index contributed by atoms with van der Waals surface area (Å²) in [5.41, 5.74) is 1.37. The van der Waals surface area contributed by atoms with Crippen molar-refractivity contribution in [2.75, 3.05) is 7.05 Å². The molecule has 2 aromatic carbocycles. The van der Waals surface area contributed by atoms with Crippen molar-refractivity contribution in [2.45, 2.75) is 19.4 Å². The maximum atomic E-state index is 13.3. The lowest BCUT2D eigenvalue weighted by atomic mass is 10.2. The molecule has 0 radical (unpaired) electrons. The highest BCUT2D eigenvalue weighted by Gasteiger charge is 2.13. The number of aryl methyl sites for hydroxylation is 1. The van der Waals surface area contributed by atoms with Crippen molar-refractivity contribution in [1.29, 1.82) is 0 Å². The lowest BCUT2D eigenvalue weighted by molar-refractivity contribution is -0.130. The largest absolute Gasteiger partial charge is 0.441 e. The Hall–Kier alpha value is -2.73. The molecule has 0 fully saturated rings. The van der Waals surface area contributed by atoms with Crippen LogP contribution in [0.15, 0.2) is 53.1 Å². The highest BCUT2D eigenvalue weighted by Crippen LogP contribution is 2.23. The highest BCUT2D eigenvalue weighted by atomic mass is 35.5. The lowest BCUT2D eigenvalue weighted by Crippen LogP contribution is -2.26. The Labute approximate surface area is 160 Å². The van der Waals surface area contributed by atoms with Gasteiger partial charge in [-0.15, -0.1) is 0 Å². The summed E-state index contributed by atoms with van der Waals surface area (Å²) >= 11 is 5.87. The van der Waals surface area contributed by atoms with Crippen molar-refractivity contribution >= 4 is 17.5 Å². The zero-order valence-electron chi connectivity index (χ0n) is 14.6. The van der Waals surface area contributed by atoms with E-state index in [0.717, 1.165) is 17.7 Å². The molecule has 0 bridgehead atoms. The summed E-state index contributed by atoms with van der Waals surface area (Å²) in [6.07, 6.45) is 2.14. The summed E-state index contributed by atoms with van der Waals surface area (Å²) in [5, 5.41) is 0.633. The normalized spacial score (nSPS) is 10.8. The van der Waals surface area contributed by atoms with Gasteiger partial charge in [0, 0.05) is 37.0 Å². The molecule has 1 amide bonds. The summed E-state index contributed by atoms with van der Waals surface area (Å²) in [7, 11) is 1.61. The molecule has 3 aromatic rings. The van der Waals surface area contributed by atoms with Gasteiger partial charge in [-0.05, 0) is 42.0 Å². The van der Waals surface area contributed by atoms with Crippen LogP contribution in [0.1, 0.15) is 17.9 Å². The van der Waals surface area contributed by atoms with Gasteiger partial charge in [0.2, 0.25) is 5.91 Å².